The van der Waals surface area contributed by atoms with Crippen LogP contribution in [0, 0.1) is 6.92 Å². The van der Waals surface area contributed by atoms with Gasteiger partial charge in [0, 0.05) is 42.7 Å². The van der Waals surface area contributed by atoms with E-state index in [1.54, 1.807) is 6.33 Å². The van der Waals surface area contributed by atoms with Gasteiger partial charge in [0.15, 0.2) is 0 Å². The molecule has 0 amide bonds. The minimum atomic E-state index is 0.233. The SMILES string of the molecule is Cc1ncc2c(n1)C1(CCCN(Cc3cncnc3)C1)CC2. The number of aryl methyl sites for hydroxylation is 2. The lowest BCUT2D eigenvalue weighted by Gasteiger charge is -2.40. The summed E-state index contributed by atoms with van der Waals surface area (Å²) < 4.78 is 0. The van der Waals surface area contributed by atoms with Crippen LogP contribution in [0.25, 0.3) is 0 Å². The van der Waals surface area contributed by atoms with Crippen molar-refractivity contribution in [2.24, 2.45) is 0 Å². The Morgan fingerprint density at radius 2 is 2.05 bits per heavy atom. The molecule has 1 spiro atoms. The van der Waals surface area contributed by atoms with E-state index in [9.17, 15) is 0 Å². The fourth-order valence-electron chi connectivity index (χ4n) is 4.06. The number of rotatable bonds is 2. The van der Waals surface area contributed by atoms with E-state index in [1.165, 1.54) is 36.1 Å². The Labute approximate surface area is 130 Å². The largest absolute Gasteiger partial charge is 0.298 e. The van der Waals surface area contributed by atoms with Crippen LogP contribution in [-0.4, -0.2) is 37.9 Å². The van der Waals surface area contributed by atoms with Gasteiger partial charge in [-0.25, -0.2) is 19.9 Å². The van der Waals surface area contributed by atoms with Gasteiger partial charge in [0.2, 0.25) is 0 Å². The van der Waals surface area contributed by atoms with Crippen LogP contribution in [0.1, 0.15) is 41.9 Å². The Hall–Kier alpha value is -1.88. The molecule has 1 fully saturated rings. The van der Waals surface area contributed by atoms with Gasteiger partial charge in [-0.15, -0.1) is 0 Å². The lowest BCUT2D eigenvalue weighted by atomic mass is 9.77. The summed E-state index contributed by atoms with van der Waals surface area (Å²) in [5.41, 5.74) is 4.10. The Balaban J connectivity index is 1.58. The molecule has 1 saturated heterocycles. The summed E-state index contributed by atoms with van der Waals surface area (Å²) in [5, 5.41) is 0. The van der Waals surface area contributed by atoms with Crippen molar-refractivity contribution in [3.05, 3.63) is 47.6 Å². The van der Waals surface area contributed by atoms with Crippen LogP contribution >= 0.6 is 0 Å². The fraction of sp³-hybridized carbons (Fsp3) is 0.529. The van der Waals surface area contributed by atoms with Crippen molar-refractivity contribution < 1.29 is 0 Å². The fourth-order valence-corrected chi connectivity index (χ4v) is 4.06. The van der Waals surface area contributed by atoms with E-state index in [1.807, 2.05) is 25.5 Å². The van der Waals surface area contributed by atoms with Crippen LogP contribution < -0.4 is 0 Å². The molecule has 2 aromatic heterocycles. The summed E-state index contributed by atoms with van der Waals surface area (Å²) in [4.78, 5) is 20.0. The van der Waals surface area contributed by atoms with E-state index >= 15 is 0 Å². The van der Waals surface area contributed by atoms with E-state index in [0.717, 1.165) is 31.9 Å². The van der Waals surface area contributed by atoms with E-state index in [4.69, 9.17) is 4.98 Å². The van der Waals surface area contributed by atoms with Crippen LogP contribution in [-0.2, 0) is 18.4 Å². The summed E-state index contributed by atoms with van der Waals surface area (Å²) in [6.07, 6.45) is 12.3. The van der Waals surface area contributed by atoms with Gasteiger partial charge < -0.3 is 0 Å². The van der Waals surface area contributed by atoms with E-state index in [-0.39, 0.29) is 5.41 Å². The number of fused-ring (bicyclic) bond motifs is 2. The molecule has 2 aliphatic rings. The third-order valence-corrected chi connectivity index (χ3v) is 5.04. The van der Waals surface area contributed by atoms with Crippen molar-refractivity contribution in [1.82, 2.24) is 24.8 Å². The Kier molecular flexibility index (Phi) is 3.37. The molecule has 1 atom stereocenters. The first kappa shape index (κ1) is 13.8. The molecule has 1 aliphatic heterocycles. The number of nitrogens with zero attached hydrogens (tertiary/aromatic N) is 5. The number of hydrogen-bond acceptors (Lipinski definition) is 5. The topological polar surface area (TPSA) is 54.8 Å². The highest BCUT2D eigenvalue weighted by atomic mass is 15.1. The molecule has 0 bridgehead atoms. The smallest absolute Gasteiger partial charge is 0.125 e. The van der Waals surface area contributed by atoms with E-state index < -0.39 is 0 Å². The van der Waals surface area contributed by atoms with Crippen LogP contribution in [0.2, 0.25) is 0 Å². The summed E-state index contributed by atoms with van der Waals surface area (Å²) in [6.45, 7) is 5.16. The summed E-state index contributed by atoms with van der Waals surface area (Å²) in [7, 11) is 0. The minimum Gasteiger partial charge on any atom is -0.298 e. The van der Waals surface area contributed by atoms with Crippen molar-refractivity contribution >= 4 is 0 Å². The highest BCUT2D eigenvalue weighted by Gasteiger charge is 2.43. The van der Waals surface area contributed by atoms with Gasteiger partial charge in [0.05, 0.1) is 5.69 Å². The number of aromatic nitrogens is 4. The minimum absolute atomic E-state index is 0.233. The van der Waals surface area contributed by atoms with Crippen molar-refractivity contribution in [3.63, 3.8) is 0 Å². The molecule has 0 saturated carbocycles. The van der Waals surface area contributed by atoms with Crippen LogP contribution in [0.15, 0.2) is 24.9 Å². The molecular weight excluding hydrogens is 274 g/mol. The zero-order valence-corrected chi connectivity index (χ0v) is 13.0. The molecular formula is C17H21N5. The van der Waals surface area contributed by atoms with Crippen molar-refractivity contribution in [2.75, 3.05) is 13.1 Å². The molecule has 0 aromatic carbocycles. The number of piperidine rings is 1. The van der Waals surface area contributed by atoms with Gasteiger partial charge in [-0.05, 0) is 44.7 Å². The molecule has 1 aliphatic carbocycles. The summed E-state index contributed by atoms with van der Waals surface area (Å²) in [6, 6.07) is 0. The first-order valence-corrected chi connectivity index (χ1v) is 8.04. The van der Waals surface area contributed by atoms with Gasteiger partial charge in [-0.2, -0.15) is 0 Å². The predicted molar refractivity (Wildman–Crippen MR) is 83.3 cm³/mol. The van der Waals surface area contributed by atoms with Gasteiger partial charge in [0.1, 0.15) is 12.2 Å². The zero-order valence-electron chi connectivity index (χ0n) is 13.0. The van der Waals surface area contributed by atoms with E-state index in [0.29, 0.717) is 0 Å². The monoisotopic (exact) mass is 295 g/mol. The van der Waals surface area contributed by atoms with Gasteiger partial charge >= 0.3 is 0 Å². The van der Waals surface area contributed by atoms with Crippen LogP contribution in [0.5, 0.6) is 0 Å². The Bertz CT molecular complexity index is 668. The molecule has 1 unspecified atom stereocenters. The molecule has 4 rings (SSSR count). The first-order chi connectivity index (χ1) is 10.8. The Morgan fingerprint density at radius 3 is 2.91 bits per heavy atom. The average molecular weight is 295 g/mol. The van der Waals surface area contributed by atoms with Gasteiger partial charge in [-0.1, -0.05) is 0 Å². The second-order valence-electron chi connectivity index (χ2n) is 6.63. The van der Waals surface area contributed by atoms with Crippen molar-refractivity contribution in [2.45, 2.75) is 44.6 Å². The van der Waals surface area contributed by atoms with Crippen LogP contribution in [0.3, 0.4) is 0 Å². The second-order valence-corrected chi connectivity index (χ2v) is 6.63. The number of likely N-dealkylation sites (tertiary alicyclic amines) is 1. The maximum Gasteiger partial charge on any atom is 0.125 e. The van der Waals surface area contributed by atoms with Gasteiger partial charge in [-0.3, -0.25) is 4.90 Å². The highest BCUT2D eigenvalue weighted by molar-refractivity contribution is 5.33. The molecule has 0 N–H and O–H groups in total. The van der Waals surface area contributed by atoms with Crippen molar-refractivity contribution in [1.29, 1.82) is 0 Å². The predicted octanol–water partition coefficient (Wildman–Crippen LogP) is 2.06. The molecule has 114 valence electrons. The average Bonchev–Trinajstić information content (AvgIpc) is 2.86. The van der Waals surface area contributed by atoms with Crippen LogP contribution in [0.4, 0.5) is 0 Å². The molecule has 22 heavy (non-hydrogen) atoms. The summed E-state index contributed by atoms with van der Waals surface area (Å²) in [5.74, 6) is 0.897. The number of hydrogen-bond donors (Lipinski definition) is 0. The third kappa shape index (κ3) is 2.39. The zero-order chi connectivity index (χ0) is 15.0. The molecule has 5 nitrogen and oxygen atoms in total. The normalized spacial score (nSPS) is 24.6. The second kappa shape index (κ2) is 5.39. The first-order valence-electron chi connectivity index (χ1n) is 8.04. The quantitative estimate of drug-likeness (QED) is 0.849. The standard InChI is InChI=1S/C17H21N5/c1-13-20-9-15-3-5-17(16(15)21-13)4-2-6-22(11-17)10-14-7-18-12-19-8-14/h7-9,12H,2-6,10-11H2,1H3. The van der Waals surface area contributed by atoms with Crippen molar-refractivity contribution in [3.8, 4) is 0 Å². The molecule has 0 radical (unpaired) electrons. The lowest BCUT2D eigenvalue weighted by molar-refractivity contribution is 0.136. The van der Waals surface area contributed by atoms with Gasteiger partial charge in [0.25, 0.3) is 0 Å². The molecule has 2 aromatic rings. The summed E-state index contributed by atoms with van der Waals surface area (Å²) >= 11 is 0. The Morgan fingerprint density at radius 1 is 1.18 bits per heavy atom. The molecule has 5 heteroatoms. The van der Waals surface area contributed by atoms with E-state index in [2.05, 4.69) is 19.9 Å². The third-order valence-electron chi connectivity index (χ3n) is 5.04. The maximum absolute atomic E-state index is 4.81. The maximum atomic E-state index is 4.81. The lowest BCUT2D eigenvalue weighted by Crippen LogP contribution is -2.45. The highest BCUT2D eigenvalue weighted by Crippen LogP contribution is 2.43. The molecule has 3 heterocycles.